The lowest BCUT2D eigenvalue weighted by molar-refractivity contribution is -0.161. The number of rotatable bonds is 74. The fraction of sp³-hybridized carbons (Fsp3) is 0.945. The van der Waals surface area contributed by atoms with Gasteiger partial charge >= 0.3 is 39.5 Å². The molecule has 0 fully saturated rings. The highest BCUT2D eigenvalue weighted by molar-refractivity contribution is 7.47. The Hall–Kier alpha value is -1.94. The second-order valence-corrected chi connectivity index (χ2v) is 29.2. The minimum absolute atomic E-state index is 0.107. The normalized spacial score (nSPS) is 13.9. The number of unbranched alkanes of at least 4 members (excludes halogenated alkanes) is 48. The molecule has 3 N–H and O–H groups in total. The molecule has 0 bridgehead atoms. The molecule has 0 aromatic carbocycles. The molecule has 546 valence electrons. The van der Waals surface area contributed by atoms with Crippen LogP contribution in [0.5, 0.6) is 0 Å². The summed E-state index contributed by atoms with van der Waals surface area (Å²) in [5.74, 6) is -2.12. The summed E-state index contributed by atoms with van der Waals surface area (Å²) in [5.41, 5.74) is 0. The van der Waals surface area contributed by atoms with Gasteiger partial charge in [-0.25, -0.2) is 9.13 Å². The fourth-order valence-electron chi connectivity index (χ4n) is 11.2. The molecular weight excluding hydrogens is 1210 g/mol. The van der Waals surface area contributed by atoms with E-state index in [2.05, 4.69) is 27.7 Å². The number of carbonyl (C=O) groups is 4. The molecule has 0 rings (SSSR count). The molecule has 92 heavy (non-hydrogen) atoms. The predicted octanol–water partition coefficient (Wildman–Crippen LogP) is 21.4. The van der Waals surface area contributed by atoms with E-state index in [0.29, 0.717) is 25.7 Å². The molecular formula is C73H142O17P2. The zero-order valence-electron chi connectivity index (χ0n) is 59.5. The maximum Gasteiger partial charge on any atom is 0.472 e. The van der Waals surface area contributed by atoms with E-state index in [1.807, 2.05) is 0 Å². The first-order valence-corrected chi connectivity index (χ1v) is 41.3. The van der Waals surface area contributed by atoms with Gasteiger partial charge in [0.05, 0.1) is 26.4 Å². The van der Waals surface area contributed by atoms with Crippen LogP contribution in [0, 0.1) is 0 Å². The summed E-state index contributed by atoms with van der Waals surface area (Å²) >= 11 is 0. The third kappa shape index (κ3) is 66.7. The van der Waals surface area contributed by atoms with Crippen molar-refractivity contribution in [2.45, 2.75) is 406 Å². The maximum absolute atomic E-state index is 13.1. The van der Waals surface area contributed by atoms with Crippen LogP contribution in [0.15, 0.2) is 0 Å². The molecule has 0 aliphatic heterocycles. The summed E-state index contributed by atoms with van der Waals surface area (Å²) in [6.45, 7) is 4.93. The first kappa shape index (κ1) is 90.1. The summed E-state index contributed by atoms with van der Waals surface area (Å²) in [4.78, 5) is 72.5. The monoisotopic (exact) mass is 1350 g/mol. The lowest BCUT2D eigenvalue weighted by Crippen LogP contribution is -2.30. The third-order valence-corrected chi connectivity index (χ3v) is 19.0. The van der Waals surface area contributed by atoms with E-state index in [1.165, 1.54) is 212 Å². The van der Waals surface area contributed by atoms with E-state index in [9.17, 15) is 43.2 Å². The van der Waals surface area contributed by atoms with Gasteiger partial charge in [-0.15, -0.1) is 0 Å². The van der Waals surface area contributed by atoms with Crippen LogP contribution in [0.25, 0.3) is 0 Å². The van der Waals surface area contributed by atoms with Crippen molar-refractivity contribution in [2.75, 3.05) is 39.6 Å². The summed E-state index contributed by atoms with van der Waals surface area (Å²) in [6, 6.07) is 0. The third-order valence-electron chi connectivity index (χ3n) is 17.1. The Labute approximate surface area is 562 Å². The van der Waals surface area contributed by atoms with E-state index in [1.54, 1.807) is 0 Å². The number of phosphoric ester groups is 2. The second kappa shape index (κ2) is 67.6. The Bertz CT molecular complexity index is 1760. The number of hydrogen-bond acceptors (Lipinski definition) is 15. The number of ether oxygens (including phenoxy) is 4. The van der Waals surface area contributed by atoms with Gasteiger partial charge in [-0.1, -0.05) is 336 Å². The number of aliphatic hydroxyl groups excluding tert-OH is 1. The Kier molecular flexibility index (Phi) is 66.2. The van der Waals surface area contributed by atoms with E-state index in [0.717, 1.165) is 96.3 Å². The zero-order chi connectivity index (χ0) is 67.5. The minimum atomic E-state index is -4.95. The van der Waals surface area contributed by atoms with Gasteiger partial charge < -0.3 is 33.8 Å². The largest absolute Gasteiger partial charge is 0.472 e. The number of esters is 4. The van der Waals surface area contributed by atoms with Crippen LogP contribution in [0.2, 0.25) is 0 Å². The predicted molar refractivity (Wildman–Crippen MR) is 372 cm³/mol. The van der Waals surface area contributed by atoms with Gasteiger partial charge in [0.25, 0.3) is 0 Å². The number of carbonyl (C=O) groups excluding carboxylic acids is 4. The van der Waals surface area contributed by atoms with Crippen molar-refractivity contribution in [3.63, 3.8) is 0 Å². The Balaban J connectivity index is 5.15. The number of aliphatic hydroxyl groups is 1. The summed E-state index contributed by atoms with van der Waals surface area (Å²) in [7, 11) is -9.90. The van der Waals surface area contributed by atoms with Crippen molar-refractivity contribution in [1.29, 1.82) is 0 Å². The summed E-state index contributed by atoms with van der Waals surface area (Å²) in [6.07, 6.45) is 57.0. The first-order chi connectivity index (χ1) is 44.7. The standard InChI is InChI=1S/C73H142O17P2/c1-5-9-13-17-21-25-28-30-31-32-33-34-35-36-37-39-41-44-48-52-56-60-73(78)90-69(64-84-71(76)58-54-50-46-43-40-38-29-26-22-18-14-10-6-2)66-88-92(81,82)86-62-67(74)61-85-91(79,80)87-65-68(63-83-70(75)57-53-49-45-24-20-16-12-8-4)89-72(77)59-55-51-47-42-27-23-19-15-11-7-3/h67-69,74H,5-66H2,1-4H3,(H,79,80)(H,81,82)/t67-,68+,69+/m0/s1. The van der Waals surface area contributed by atoms with Gasteiger partial charge in [-0.2, -0.15) is 0 Å². The van der Waals surface area contributed by atoms with Crippen molar-refractivity contribution in [3.8, 4) is 0 Å². The Morgan fingerprint density at radius 2 is 0.435 bits per heavy atom. The van der Waals surface area contributed by atoms with Gasteiger partial charge in [-0.3, -0.25) is 37.3 Å². The first-order valence-electron chi connectivity index (χ1n) is 38.3. The van der Waals surface area contributed by atoms with Crippen molar-refractivity contribution in [2.24, 2.45) is 0 Å². The smallest absolute Gasteiger partial charge is 0.462 e. The zero-order valence-corrected chi connectivity index (χ0v) is 61.3. The molecule has 0 aliphatic rings. The minimum Gasteiger partial charge on any atom is -0.462 e. The molecule has 17 nitrogen and oxygen atoms in total. The van der Waals surface area contributed by atoms with Crippen molar-refractivity contribution < 1.29 is 80.2 Å². The molecule has 0 saturated carbocycles. The van der Waals surface area contributed by atoms with Crippen LogP contribution >= 0.6 is 15.6 Å². The summed E-state index contributed by atoms with van der Waals surface area (Å²) < 4.78 is 68.3. The van der Waals surface area contributed by atoms with E-state index in [4.69, 9.17) is 37.0 Å². The molecule has 0 radical (unpaired) electrons. The van der Waals surface area contributed by atoms with Crippen molar-refractivity contribution in [1.82, 2.24) is 0 Å². The van der Waals surface area contributed by atoms with Gasteiger partial charge in [-0.05, 0) is 25.7 Å². The highest BCUT2D eigenvalue weighted by Gasteiger charge is 2.30. The van der Waals surface area contributed by atoms with Gasteiger partial charge in [0, 0.05) is 25.7 Å². The van der Waals surface area contributed by atoms with Crippen LogP contribution in [-0.4, -0.2) is 96.7 Å². The Morgan fingerprint density at radius 1 is 0.261 bits per heavy atom. The van der Waals surface area contributed by atoms with Crippen molar-refractivity contribution >= 4 is 39.5 Å². The van der Waals surface area contributed by atoms with Crippen LogP contribution < -0.4 is 0 Å². The molecule has 0 saturated heterocycles. The van der Waals surface area contributed by atoms with E-state index >= 15 is 0 Å². The molecule has 5 atom stereocenters. The Morgan fingerprint density at radius 3 is 0.641 bits per heavy atom. The lowest BCUT2D eigenvalue weighted by Gasteiger charge is -2.21. The van der Waals surface area contributed by atoms with Gasteiger partial charge in [0.2, 0.25) is 0 Å². The SMILES string of the molecule is CCCCCCCCCCCCCCCCCCCCCCCC(=O)O[C@H](COC(=O)CCCCCCCCCCCCCCC)COP(=O)(O)OC[C@@H](O)COP(=O)(O)OC[C@@H](COC(=O)CCCCCCCCCC)OC(=O)CCCCCCCCCCCC. The maximum atomic E-state index is 13.1. The van der Waals surface area contributed by atoms with E-state index in [-0.39, 0.29) is 25.7 Å². The molecule has 0 aromatic heterocycles. The quantitative estimate of drug-likeness (QED) is 0.0222. The molecule has 0 aliphatic carbocycles. The van der Waals surface area contributed by atoms with Gasteiger partial charge in [0.1, 0.15) is 19.3 Å². The molecule has 19 heteroatoms. The molecule has 0 spiro atoms. The molecule has 2 unspecified atom stereocenters. The number of hydrogen-bond donors (Lipinski definition) is 3. The number of phosphoric acid groups is 2. The highest BCUT2D eigenvalue weighted by Crippen LogP contribution is 2.45. The fourth-order valence-corrected chi connectivity index (χ4v) is 12.8. The molecule has 0 aromatic rings. The van der Waals surface area contributed by atoms with Crippen LogP contribution in [-0.2, 0) is 65.4 Å². The molecule has 0 amide bonds. The van der Waals surface area contributed by atoms with Gasteiger partial charge in [0.15, 0.2) is 12.2 Å². The average Bonchev–Trinajstić information content (AvgIpc) is 3.16. The highest BCUT2D eigenvalue weighted by atomic mass is 31.2. The second-order valence-electron chi connectivity index (χ2n) is 26.3. The van der Waals surface area contributed by atoms with E-state index < -0.39 is 97.5 Å². The lowest BCUT2D eigenvalue weighted by atomic mass is 10.0. The molecule has 0 heterocycles. The van der Waals surface area contributed by atoms with Crippen LogP contribution in [0.3, 0.4) is 0 Å². The van der Waals surface area contributed by atoms with Crippen LogP contribution in [0.4, 0.5) is 0 Å². The van der Waals surface area contributed by atoms with Crippen molar-refractivity contribution in [3.05, 3.63) is 0 Å². The summed E-state index contributed by atoms with van der Waals surface area (Å²) in [5, 5.41) is 10.6. The topological polar surface area (TPSA) is 237 Å². The average molecular weight is 1350 g/mol. The van der Waals surface area contributed by atoms with Crippen LogP contribution in [0.1, 0.15) is 387 Å².